The van der Waals surface area contributed by atoms with Gasteiger partial charge >= 0.3 is 0 Å². The molecule has 1 saturated heterocycles. The first kappa shape index (κ1) is 37.2. The number of likely N-dealkylation sites (N-methyl/N-ethyl adjacent to an activating group) is 1. The zero-order valence-electron chi connectivity index (χ0n) is 31.0. The lowest BCUT2D eigenvalue weighted by Crippen LogP contribution is -2.50. The maximum Gasteiger partial charge on any atom is 0.262 e. The van der Waals surface area contributed by atoms with Crippen LogP contribution in [0, 0.1) is 6.92 Å². The minimum atomic E-state index is -0.345. The molecule has 0 spiro atoms. The Morgan fingerprint density at radius 1 is 0.811 bits per heavy atom. The fourth-order valence-electron chi connectivity index (χ4n) is 6.66. The Labute approximate surface area is 311 Å². The van der Waals surface area contributed by atoms with Gasteiger partial charge in [0, 0.05) is 63.0 Å². The van der Waals surface area contributed by atoms with E-state index in [-0.39, 0.29) is 43.1 Å². The van der Waals surface area contributed by atoms with E-state index in [1.165, 1.54) is 4.90 Å². The summed E-state index contributed by atoms with van der Waals surface area (Å²) in [5.41, 5.74) is 5.23. The number of para-hydroxylation sites is 2. The molecule has 276 valence electrons. The molecule has 4 amide bonds. The van der Waals surface area contributed by atoms with Gasteiger partial charge in [0.05, 0.1) is 23.5 Å². The standard InChI is InChI=1S/C42H48N6O5/c1-30-14-16-31(17-15-30)33-10-5-6-11-34(33)41(51)43-32-18-19-35(38(28-32)53-27-9-21-44(2)3)42(52)47-22-20-39(49)48(37-13-8-7-12-36(37)47)29-40(50)46-25-23-45(4)24-26-46/h5-8,10-19,28H,9,20-27,29H2,1-4H3,(H,43,51). The zero-order valence-corrected chi connectivity index (χ0v) is 31.0. The van der Waals surface area contributed by atoms with Crippen molar-refractivity contribution in [3.8, 4) is 16.9 Å². The predicted octanol–water partition coefficient (Wildman–Crippen LogP) is 5.40. The number of aryl methyl sites for hydroxylation is 1. The third-order valence-corrected chi connectivity index (χ3v) is 9.72. The molecule has 11 nitrogen and oxygen atoms in total. The minimum absolute atomic E-state index is 0.0456. The van der Waals surface area contributed by atoms with E-state index >= 15 is 0 Å². The van der Waals surface area contributed by atoms with Crippen LogP contribution in [0.3, 0.4) is 0 Å². The summed E-state index contributed by atoms with van der Waals surface area (Å²) in [6, 6.07) is 27.7. The van der Waals surface area contributed by atoms with Gasteiger partial charge in [-0.1, -0.05) is 60.2 Å². The van der Waals surface area contributed by atoms with Crippen molar-refractivity contribution in [1.82, 2.24) is 14.7 Å². The van der Waals surface area contributed by atoms with Gasteiger partial charge in [0.25, 0.3) is 11.8 Å². The molecule has 0 unspecified atom stereocenters. The van der Waals surface area contributed by atoms with Crippen LogP contribution in [0.2, 0.25) is 0 Å². The number of carbonyl (C=O) groups excluding carboxylic acids is 4. The number of nitrogens with one attached hydrogen (secondary N) is 1. The molecule has 1 fully saturated rings. The second-order valence-electron chi connectivity index (χ2n) is 13.9. The SMILES string of the molecule is Cc1ccc(-c2ccccc2C(=O)Nc2ccc(C(=O)N3CCC(=O)N(CC(=O)N4CCN(C)CC4)c4ccccc43)c(OCCCN(C)C)c2)cc1. The van der Waals surface area contributed by atoms with Gasteiger partial charge in [-0.2, -0.15) is 0 Å². The number of carbonyl (C=O) groups is 4. The number of amides is 4. The molecule has 0 bridgehead atoms. The first-order valence-electron chi connectivity index (χ1n) is 18.2. The summed E-state index contributed by atoms with van der Waals surface area (Å²) in [5.74, 6) is -0.644. The Morgan fingerprint density at radius 2 is 1.51 bits per heavy atom. The lowest BCUT2D eigenvalue weighted by molar-refractivity contribution is -0.132. The highest BCUT2D eigenvalue weighted by molar-refractivity contribution is 6.14. The highest BCUT2D eigenvalue weighted by atomic mass is 16.5. The van der Waals surface area contributed by atoms with Crippen LogP contribution in [0.25, 0.3) is 11.1 Å². The van der Waals surface area contributed by atoms with Gasteiger partial charge in [-0.3, -0.25) is 19.2 Å². The normalized spacial score (nSPS) is 14.9. The van der Waals surface area contributed by atoms with Gasteiger partial charge in [0.2, 0.25) is 11.8 Å². The van der Waals surface area contributed by atoms with E-state index in [0.717, 1.165) is 42.7 Å². The molecule has 6 rings (SSSR count). The van der Waals surface area contributed by atoms with Crippen LogP contribution in [-0.4, -0.2) is 112 Å². The lowest BCUT2D eigenvalue weighted by atomic mass is 9.98. The van der Waals surface area contributed by atoms with Crippen molar-refractivity contribution >= 4 is 40.7 Å². The van der Waals surface area contributed by atoms with Crippen LogP contribution in [0.5, 0.6) is 5.75 Å². The van der Waals surface area contributed by atoms with Crippen molar-refractivity contribution in [2.24, 2.45) is 0 Å². The third kappa shape index (κ3) is 8.93. The molecular weight excluding hydrogens is 668 g/mol. The van der Waals surface area contributed by atoms with Crippen LogP contribution >= 0.6 is 0 Å². The zero-order chi connectivity index (χ0) is 37.5. The molecule has 0 atom stereocenters. The second kappa shape index (κ2) is 16.9. The number of hydrogen-bond donors (Lipinski definition) is 1. The first-order valence-corrected chi connectivity index (χ1v) is 18.2. The van der Waals surface area contributed by atoms with Crippen LogP contribution < -0.4 is 19.9 Å². The van der Waals surface area contributed by atoms with E-state index in [1.54, 1.807) is 52.3 Å². The quantitative estimate of drug-likeness (QED) is 0.207. The van der Waals surface area contributed by atoms with Crippen molar-refractivity contribution < 1.29 is 23.9 Å². The topological polar surface area (TPSA) is 106 Å². The van der Waals surface area contributed by atoms with Gasteiger partial charge in [0.15, 0.2) is 0 Å². The second-order valence-corrected chi connectivity index (χ2v) is 13.9. The molecule has 0 aromatic heterocycles. The van der Waals surface area contributed by atoms with Crippen molar-refractivity contribution in [2.45, 2.75) is 19.8 Å². The number of rotatable bonds is 11. The Hall–Kier alpha value is -5.52. The molecule has 11 heteroatoms. The van der Waals surface area contributed by atoms with Crippen molar-refractivity contribution in [3.05, 3.63) is 108 Å². The molecule has 4 aromatic carbocycles. The number of ether oxygens (including phenoxy) is 1. The number of fused-ring (bicyclic) bond motifs is 1. The molecule has 2 aliphatic rings. The molecule has 2 aliphatic heterocycles. The largest absolute Gasteiger partial charge is 0.493 e. The number of benzene rings is 4. The van der Waals surface area contributed by atoms with Crippen molar-refractivity contribution in [1.29, 1.82) is 0 Å². The lowest BCUT2D eigenvalue weighted by Gasteiger charge is -2.34. The Kier molecular flexibility index (Phi) is 11.9. The van der Waals surface area contributed by atoms with Crippen molar-refractivity contribution in [2.75, 3.05) is 88.7 Å². The Morgan fingerprint density at radius 3 is 2.25 bits per heavy atom. The maximum absolute atomic E-state index is 14.5. The van der Waals surface area contributed by atoms with E-state index < -0.39 is 0 Å². The minimum Gasteiger partial charge on any atom is -0.493 e. The maximum atomic E-state index is 14.5. The number of hydrogen-bond acceptors (Lipinski definition) is 7. The predicted molar refractivity (Wildman–Crippen MR) is 209 cm³/mol. The fraction of sp³-hybridized carbons (Fsp3) is 0.333. The van der Waals surface area contributed by atoms with Gasteiger partial charge in [-0.25, -0.2) is 0 Å². The summed E-state index contributed by atoms with van der Waals surface area (Å²) in [5, 5.41) is 3.02. The summed E-state index contributed by atoms with van der Waals surface area (Å²) in [6.45, 7) is 5.97. The first-order chi connectivity index (χ1) is 25.6. The highest BCUT2D eigenvalue weighted by Gasteiger charge is 2.33. The average molecular weight is 717 g/mol. The van der Waals surface area contributed by atoms with Crippen LogP contribution in [0.1, 0.15) is 39.1 Å². The summed E-state index contributed by atoms with van der Waals surface area (Å²) < 4.78 is 6.26. The van der Waals surface area contributed by atoms with E-state index in [2.05, 4.69) is 15.1 Å². The summed E-state index contributed by atoms with van der Waals surface area (Å²) in [7, 11) is 6.00. The van der Waals surface area contributed by atoms with Crippen molar-refractivity contribution in [3.63, 3.8) is 0 Å². The number of piperazine rings is 1. The summed E-state index contributed by atoms with van der Waals surface area (Å²) in [6.07, 6.45) is 0.766. The Bertz CT molecular complexity index is 1950. The molecule has 53 heavy (non-hydrogen) atoms. The van der Waals surface area contributed by atoms with Gasteiger partial charge in [0.1, 0.15) is 12.3 Å². The fourth-order valence-corrected chi connectivity index (χ4v) is 6.66. The van der Waals surface area contributed by atoms with E-state index in [4.69, 9.17) is 4.74 Å². The monoisotopic (exact) mass is 716 g/mol. The average Bonchev–Trinajstić information content (AvgIpc) is 3.29. The molecular formula is C42H48N6O5. The van der Waals surface area contributed by atoms with E-state index in [9.17, 15) is 19.2 Å². The molecule has 0 radical (unpaired) electrons. The van der Waals surface area contributed by atoms with Crippen LogP contribution in [0.4, 0.5) is 17.1 Å². The molecule has 0 aliphatic carbocycles. The molecule has 4 aromatic rings. The summed E-state index contributed by atoms with van der Waals surface area (Å²) in [4.78, 5) is 64.3. The Balaban J connectivity index is 1.27. The molecule has 1 N–H and O–H groups in total. The number of anilines is 3. The van der Waals surface area contributed by atoms with Gasteiger partial charge in [-0.05, 0) is 75.9 Å². The molecule has 2 heterocycles. The summed E-state index contributed by atoms with van der Waals surface area (Å²) >= 11 is 0. The van der Waals surface area contributed by atoms with E-state index in [0.29, 0.717) is 53.6 Å². The van der Waals surface area contributed by atoms with Gasteiger partial charge in [-0.15, -0.1) is 0 Å². The molecule has 0 saturated carbocycles. The van der Waals surface area contributed by atoms with Crippen LogP contribution in [-0.2, 0) is 9.59 Å². The third-order valence-electron chi connectivity index (χ3n) is 9.72. The van der Waals surface area contributed by atoms with E-state index in [1.807, 2.05) is 76.6 Å². The highest BCUT2D eigenvalue weighted by Crippen LogP contribution is 2.36. The van der Waals surface area contributed by atoms with Crippen LogP contribution in [0.15, 0.2) is 91.0 Å². The smallest absolute Gasteiger partial charge is 0.262 e. The van der Waals surface area contributed by atoms with Gasteiger partial charge < -0.3 is 34.6 Å². The number of nitrogens with zero attached hydrogens (tertiary/aromatic N) is 5.